The second-order valence-electron chi connectivity index (χ2n) is 6.04. The fourth-order valence-electron chi connectivity index (χ4n) is 2.06. The molecule has 1 amide bonds. The van der Waals surface area contributed by atoms with E-state index in [4.69, 9.17) is 5.73 Å². The molecule has 0 saturated heterocycles. The summed E-state index contributed by atoms with van der Waals surface area (Å²) < 4.78 is 1.80. The first-order valence-electron chi connectivity index (χ1n) is 6.84. The van der Waals surface area contributed by atoms with Crippen LogP contribution < -0.4 is 11.1 Å². The third-order valence-electron chi connectivity index (χ3n) is 3.08. The highest BCUT2D eigenvalue weighted by Gasteiger charge is 2.22. The predicted octanol–water partition coefficient (Wildman–Crippen LogP) is 2.00. The van der Waals surface area contributed by atoms with E-state index >= 15 is 0 Å². The SMILES string of the molecule is CC(C(=O)NC(C)(C)C)n1cncc1-c1cccnc1N. The molecule has 0 radical (unpaired) electrons. The van der Waals surface area contributed by atoms with Crippen LogP contribution in [0.15, 0.2) is 30.9 Å². The molecule has 1 atom stereocenters. The van der Waals surface area contributed by atoms with Gasteiger partial charge in [0.25, 0.3) is 0 Å². The Balaban J connectivity index is 2.33. The number of nitrogen functional groups attached to an aromatic ring is 1. The van der Waals surface area contributed by atoms with Gasteiger partial charge in [0.05, 0.1) is 18.2 Å². The minimum absolute atomic E-state index is 0.0655. The highest BCUT2D eigenvalue weighted by molar-refractivity contribution is 5.82. The van der Waals surface area contributed by atoms with Crippen LogP contribution in [0.1, 0.15) is 33.7 Å². The van der Waals surface area contributed by atoms with Gasteiger partial charge in [-0.2, -0.15) is 0 Å². The number of nitrogens with zero attached hydrogens (tertiary/aromatic N) is 3. The number of nitrogens with two attached hydrogens (primary N) is 1. The average molecular weight is 287 g/mol. The topological polar surface area (TPSA) is 85.8 Å². The molecule has 2 heterocycles. The van der Waals surface area contributed by atoms with Crippen molar-refractivity contribution in [3.8, 4) is 11.3 Å². The predicted molar refractivity (Wildman–Crippen MR) is 82.5 cm³/mol. The number of anilines is 1. The number of carbonyl (C=O) groups is 1. The van der Waals surface area contributed by atoms with Crippen LogP contribution in [0, 0.1) is 0 Å². The van der Waals surface area contributed by atoms with Crippen molar-refractivity contribution in [2.24, 2.45) is 0 Å². The molecule has 0 bridgehead atoms. The quantitative estimate of drug-likeness (QED) is 0.904. The molecule has 2 aromatic rings. The summed E-state index contributed by atoms with van der Waals surface area (Å²) in [6.45, 7) is 7.68. The molecule has 3 N–H and O–H groups in total. The Hall–Kier alpha value is -2.37. The Morgan fingerprint density at radius 2 is 2.14 bits per heavy atom. The first kappa shape index (κ1) is 15.0. The molecular formula is C15H21N5O. The van der Waals surface area contributed by atoms with E-state index in [-0.39, 0.29) is 17.5 Å². The Bertz CT molecular complexity index is 642. The summed E-state index contributed by atoms with van der Waals surface area (Å²) in [7, 11) is 0. The summed E-state index contributed by atoms with van der Waals surface area (Å²) in [6, 6.07) is 3.29. The van der Waals surface area contributed by atoms with Crippen molar-refractivity contribution in [2.75, 3.05) is 5.73 Å². The van der Waals surface area contributed by atoms with Gasteiger partial charge in [-0.25, -0.2) is 9.97 Å². The lowest BCUT2D eigenvalue weighted by atomic mass is 10.1. The van der Waals surface area contributed by atoms with Crippen molar-refractivity contribution in [1.29, 1.82) is 0 Å². The summed E-state index contributed by atoms with van der Waals surface area (Å²) >= 11 is 0. The van der Waals surface area contributed by atoms with E-state index < -0.39 is 0 Å². The monoisotopic (exact) mass is 287 g/mol. The fourth-order valence-corrected chi connectivity index (χ4v) is 2.06. The molecule has 21 heavy (non-hydrogen) atoms. The van der Waals surface area contributed by atoms with Gasteiger partial charge in [-0.3, -0.25) is 4.79 Å². The van der Waals surface area contributed by atoms with E-state index in [0.29, 0.717) is 5.82 Å². The van der Waals surface area contributed by atoms with Crippen LogP contribution >= 0.6 is 0 Å². The fraction of sp³-hybridized carbons (Fsp3) is 0.400. The van der Waals surface area contributed by atoms with E-state index in [1.807, 2.05) is 39.8 Å². The van der Waals surface area contributed by atoms with Crippen LogP contribution in [-0.2, 0) is 4.79 Å². The zero-order valence-electron chi connectivity index (χ0n) is 12.8. The maximum Gasteiger partial charge on any atom is 0.243 e. The van der Waals surface area contributed by atoms with E-state index in [0.717, 1.165) is 11.3 Å². The molecule has 0 aliphatic carbocycles. The molecule has 0 saturated carbocycles. The lowest BCUT2D eigenvalue weighted by Crippen LogP contribution is -2.43. The van der Waals surface area contributed by atoms with Gasteiger partial charge >= 0.3 is 0 Å². The summed E-state index contributed by atoms with van der Waals surface area (Å²) in [5.74, 6) is 0.354. The molecule has 0 aromatic carbocycles. The lowest BCUT2D eigenvalue weighted by Gasteiger charge is -2.24. The van der Waals surface area contributed by atoms with Crippen molar-refractivity contribution in [3.05, 3.63) is 30.9 Å². The van der Waals surface area contributed by atoms with Gasteiger partial charge in [0.2, 0.25) is 5.91 Å². The largest absolute Gasteiger partial charge is 0.383 e. The summed E-state index contributed by atoms with van der Waals surface area (Å²) in [6.07, 6.45) is 4.96. The van der Waals surface area contributed by atoms with Crippen molar-refractivity contribution in [2.45, 2.75) is 39.3 Å². The van der Waals surface area contributed by atoms with E-state index in [2.05, 4.69) is 15.3 Å². The Morgan fingerprint density at radius 1 is 1.43 bits per heavy atom. The van der Waals surface area contributed by atoms with Crippen LogP contribution in [0.3, 0.4) is 0 Å². The highest BCUT2D eigenvalue weighted by atomic mass is 16.2. The number of imidazole rings is 1. The summed E-state index contributed by atoms with van der Waals surface area (Å²) in [5, 5.41) is 2.97. The second kappa shape index (κ2) is 5.55. The second-order valence-corrected chi connectivity index (χ2v) is 6.04. The van der Waals surface area contributed by atoms with Gasteiger partial charge in [-0.1, -0.05) is 0 Å². The number of amides is 1. The Kier molecular flexibility index (Phi) is 3.97. The first-order valence-corrected chi connectivity index (χ1v) is 6.84. The number of aromatic nitrogens is 3. The number of nitrogens with one attached hydrogen (secondary N) is 1. The van der Waals surface area contributed by atoms with E-state index in [9.17, 15) is 4.79 Å². The minimum atomic E-state index is -0.388. The van der Waals surface area contributed by atoms with Gasteiger partial charge in [0.1, 0.15) is 11.9 Å². The van der Waals surface area contributed by atoms with Gasteiger partial charge < -0.3 is 15.6 Å². The van der Waals surface area contributed by atoms with Crippen LogP contribution in [0.5, 0.6) is 0 Å². The Labute approximate surface area is 124 Å². The third-order valence-corrected chi connectivity index (χ3v) is 3.08. The van der Waals surface area contributed by atoms with Crippen LogP contribution in [0.2, 0.25) is 0 Å². The zero-order chi connectivity index (χ0) is 15.6. The van der Waals surface area contributed by atoms with Crippen LogP contribution in [0.4, 0.5) is 5.82 Å². The molecular weight excluding hydrogens is 266 g/mol. The zero-order valence-corrected chi connectivity index (χ0v) is 12.8. The van der Waals surface area contributed by atoms with Crippen molar-refractivity contribution in [1.82, 2.24) is 19.9 Å². The molecule has 0 aliphatic heterocycles. The lowest BCUT2D eigenvalue weighted by molar-refractivity contribution is -0.125. The van der Waals surface area contributed by atoms with Crippen molar-refractivity contribution >= 4 is 11.7 Å². The van der Waals surface area contributed by atoms with Crippen molar-refractivity contribution in [3.63, 3.8) is 0 Å². The molecule has 6 heteroatoms. The molecule has 1 unspecified atom stereocenters. The number of carbonyl (C=O) groups excluding carboxylic acids is 1. The summed E-state index contributed by atoms with van der Waals surface area (Å²) in [4.78, 5) is 20.5. The standard InChI is InChI=1S/C15H21N5O/c1-10(14(21)19-15(2,3)4)20-9-17-8-12(20)11-6-5-7-18-13(11)16/h5-10H,1-4H3,(H2,16,18)(H,19,21). The smallest absolute Gasteiger partial charge is 0.243 e. The normalized spacial score (nSPS) is 13.0. The number of hydrogen-bond acceptors (Lipinski definition) is 4. The number of rotatable bonds is 3. The third kappa shape index (κ3) is 3.39. The van der Waals surface area contributed by atoms with E-state index in [1.165, 1.54) is 0 Å². The Morgan fingerprint density at radius 3 is 2.76 bits per heavy atom. The van der Waals surface area contributed by atoms with Gasteiger partial charge in [0.15, 0.2) is 0 Å². The molecule has 2 rings (SSSR count). The maximum absolute atomic E-state index is 12.3. The number of hydrogen-bond donors (Lipinski definition) is 2. The van der Waals surface area contributed by atoms with Gasteiger partial charge in [0, 0.05) is 17.3 Å². The molecule has 112 valence electrons. The van der Waals surface area contributed by atoms with Crippen LogP contribution in [-0.4, -0.2) is 26.0 Å². The minimum Gasteiger partial charge on any atom is -0.383 e. The van der Waals surface area contributed by atoms with Crippen LogP contribution in [0.25, 0.3) is 11.3 Å². The number of pyridine rings is 1. The molecule has 0 aliphatic rings. The summed E-state index contributed by atoms with van der Waals surface area (Å²) in [5.41, 5.74) is 7.17. The van der Waals surface area contributed by atoms with Crippen molar-refractivity contribution < 1.29 is 4.79 Å². The highest BCUT2D eigenvalue weighted by Crippen LogP contribution is 2.26. The van der Waals surface area contributed by atoms with E-state index in [1.54, 1.807) is 23.3 Å². The maximum atomic E-state index is 12.3. The molecule has 0 fully saturated rings. The van der Waals surface area contributed by atoms with Gasteiger partial charge in [-0.05, 0) is 39.8 Å². The molecule has 0 spiro atoms. The molecule has 6 nitrogen and oxygen atoms in total. The first-order chi connectivity index (χ1) is 9.79. The average Bonchev–Trinajstić information content (AvgIpc) is 2.85. The molecule has 2 aromatic heterocycles. The van der Waals surface area contributed by atoms with Gasteiger partial charge in [-0.15, -0.1) is 0 Å².